The van der Waals surface area contributed by atoms with Gasteiger partial charge in [-0.1, -0.05) is 0 Å². The van der Waals surface area contributed by atoms with Gasteiger partial charge in [0.05, 0.1) is 45.9 Å². The number of rotatable bonds is 9. The molecule has 3 unspecified atom stereocenters. The summed E-state index contributed by atoms with van der Waals surface area (Å²) in [6.45, 7) is 0.837. The molecule has 14 nitrogen and oxygen atoms in total. The SMILES string of the molecule is CC(O)C(CO)OC(C(O)O)n1c2cc(O)ccc2c2c3c(c4c5ccc(O)cc5[nH]c4c21)C(=O)N(NCc1ccncc1)C3=O. The van der Waals surface area contributed by atoms with Crippen molar-refractivity contribution in [2.24, 2.45) is 0 Å². The Morgan fingerprint density at radius 3 is 2.22 bits per heavy atom. The Labute approximate surface area is 259 Å². The largest absolute Gasteiger partial charge is 0.508 e. The molecule has 1 aliphatic rings. The van der Waals surface area contributed by atoms with Crippen LogP contribution < -0.4 is 5.43 Å². The number of hydrazine groups is 1. The summed E-state index contributed by atoms with van der Waals surface area (Å²) in [6, 6.07) is 12.2. The van der Waals surface area contributed by atoms with Crippen LogP contribution in [0.5, 0.6) is 11.5 Å². The standard InChI is InChI=1S/C32H29N5O9/c1-14(39)22(13-38)46-31(32(44)45)36-21-11-17(41)3-5-19(21)24-26-25(23-18-4-2-16(40)10-20(18)35-27(23)28(24)36)29(42)37(30(26)43)34-12-15-6-8-33-9-7-15/h2-11,14,22,31-32,34-35,38-41,44-45H,12-13H2,1H3. The highest BCUT2D eigenvalue weighted by Crippen LogP contribution is 2.47. The minimum Gasteiger partial charge on any atom is -0.508 e. The maximum absolute atomic E-state index is 14.3. The van der Waals surface area contributed by atoms with Gasteiger partial charge in [-0.05, 0) is 48.9 Å². The van der Waals surface area contributed by atoms with Crippen molar-refractivity contribution in [3.05, 3.63) is 77.6 Å². The first kappa shape index (κ1) is 29.6. The number of hydrogen-bond donors (Lipinski definition) is 8. The molecule has 0 bridgehead atoms. The lowest BCUT2D eigenvalue weighted by Crippen LogP contribution is -2.41. The highest BCUT2D eigenvalue weighted by Gasteiger charge is 2.43. The Morgan fingerprint density at radius 2 is 1.57 bits per heavy atom. The van der Waals surface area contributed by atoms with Crippen LogP contribution in [-0.2, 0) is 11.3 Å². The van der Waals surface area contributed by atoms with Crippen LogP contribution in [0.25, 0.3) is 43.6 Å². The number of imide groups is 1. The Bertz CT molecular complexity index is 2170. The summed E-state index contributed by atoms with van der Waals surface area (Å²) >= 11 is 0. The zero-order valence-electron chi connectivity index (χ0n) is 24.2. The lowest BCUT2D eigenvalue weighted by molar-refractivity contribution is -0.212. The van der Waals surface area contributed by atoms with Gasteiger partial charge in [0.2, 0.25) is 0 Å². The number of H-pyrrole nitrogens is 1. The topological polar surface area (TPSA) is 214 Å². The molecule has 8 N–H and O–H groups in total. The number of aliphatic hydroxyl groups excluding tert-OH is 3. The molecule has 0 aliphatic carbocycles. The van der Waals surface area contributed by atoms with E-state index >= 15 is 0 Å². The molecule has 14 heteroatoms. The van der Waals surface area contributed by atoms with Crippen LogP contribution in [0, 0.1) is 0 Å². The fourth-order valence-corrected chi connectivity index (χ4v) is 6.25. The van der Waals surface area contributed by atoms with E-state index in [4.69, 9.17) is 4.74 Å². The quantitative estimate of drug-likeness (QED) is 0.0858. The average molecular weight is 628 g/mol. The predicted molar refractivity (Wildman–Crippen MR) is 165 cm³/mol. The smallest absolute Gasteiger partial charge is 0.276 e. The third-order valence-corrected chi connectivity index (χ3v) is 8.32. The average Bonchev–Trinajstić information content (AvgIpc) is 3.63. The molecule has 3 atom stereocenters. The van der Waals surface area contributed by atoms with Crippen molar-refractivity contribution >= 4 is 55.4 Å². The third kappa shape index (κ3) is 4.47. The van der Waals surface area contributed by atoms with Gasteiger partial charge < -0.3 is 44.9 Å². The van der Waals surface area contributed by atoms with Gasteiger partial charge in [0, 0.05) is 52.6 Å². The zero-order valence-corrected chi connectivity index (χ0v) is 24.2. The number of aromatic nitrogens is 3. The van der Waals surface area contributed by atoms with Crippen LogP contribution in [0.15, 0.2) is 60.9 Å². The first-order valence-electron chi connectivity index (χ1n) is 14.4. The number of carbonyl (C=O) groups is 2. The number of phenols is 2. The number of hydrogen-bond acceptors (Lipinski definition) is 11. The Kier molecular flexibility index (Phi) is 7.12. The second-order valence-corrected chi connectivity index (χ2v) is 11.2. The van der Waals surface area contributed by atoms with E-state index < -0.39 is 43.1 Å². The van der Waals surface area contributed by atoms with Crippen molar-refractivity contribution in [3.8, 4) is 11.5 Å². The van der Waals surface area contributed by atoms with Gasteiger partial charge in [-0.3, -0.25) is 14.6 Å². The van der Waals surface area contributed by atoms with E-state index in [9.17, 15) is 40.2 Å². The number of amides is 2. The highest BCUT2D eigenvalue weighted by atomic mass is 16.6. The van der Waals surface area contributed by atoms with Gasteiger partial charge in [-0.15, -0.1) is 0 Å². The lowest BCUT2D eigenvalue weighted by atomic mass is 9.96. The number of aromatic amines is 1. The number of ether oxygens (including phenoxy) is 1. The molecule has 0 saturated heterocycles. The summed E-state index contributed by atoms with van der Waals surface area (Å²) in [7, 11) is 0. The highest BCUT2D eigenvalue weighted by molar-refractivity contribution is 6.39. The maximum Gasteiger partial charge on any atom is 0.276 e. The number of fused-ring (bicyclic) bond motifs is 10. The summed E-state index contributed by atoms with van der Waals surface area (Å²) in [5.74, 6) is -1.54. The van der Waals surface area contributed by atoms with Crippen molar-refractivity contribution < 1.29 is 45.0 Å². The summed E-state index contributed by atoms with van der Waals surface area (Å²) in [5, 5.41) is 64.7. The summed E-state index contributed by atoms with van der Waals surface area (Å²) < 4.78 is 7.24. The van der Waals surface area contributed by atoms with E-state index in [1.807, 2.05) is 0 Å². The molecule has 6 aromatic rings. The molecule has 0 spiro atoms. The number of nitrogens with zero attached hydrogens (tertiary/aromatic N) is 3. The molecular formula is C32H29N5O9. The van der Waals surface area contributed by atoms with Crippen LogP contribution in [0.4, 0.5) is 0 Å². The predicted octanol–water partition coefficient (Wildman–Crippen LogP) is 2.10. The van der Waals surface area contributed by atoms with Crippen molar-refractivity contribution in [1.82, 2.24) is 25.0 Å². The molecule has 0 radical (unpaired) electrons. The minimum atomic E-state index is -2.22. The van der Waals surface area contributed by atoms with E-state index in [1.165, 1.54) is 41.8 Å². The van der Waals surface area contributed by atoms with Crippen LogP contribution >= 0.6 is 0 Å². The van der Waals surface area contributed by atoms with Gasteiger partial charge in [-0.25, -0.2) is 10.4 Å². The van der Waals surface area contributed by atoms with E-state index in [2.05, 4.69) is 15.4 Å². The molecule has 2 amide bonds. The van der Waals surface area contributed by atoms with Gasteiger partial charge in [-0.2, -0.15) is 0 Å². The number of nitrogens with one attached hydrogen (secondary N) is 2. The molecule has 0 saturated carbocycles. The Balaban J connectivity index is 1.58. The first-order chi connectivity index (χ1) is 22.1. The number of benzene rings is 3. The molecule has 3 aromatic carbocycles. The molecule has 1 aliphatic heterocycles. The Hall–Kier alpha value is -5.09. The van der Waals surface area contributed by atoms with E-state index in [1.54, 1.807) is 30.6 Å². The molecular weight excluding hydrogens is 598 g/mol. The number of aliphatic hydroxyl groups is 4. The van der Waals surface area contributed by atoms with Crippen LogP contribution in [0.1, 0.15) is 39.4 Å². The molecule has 3 aromatic heterocycles. The van der Waals surface area contributed by atoms with Gasteiger partial charge >= 0.3 is 0 Å². The molecule has 46 heavy (non-hydrogen) atoms. The minimum absolute atomic E-state index is 0.0264. The number of phenolic OH excluding ortho intramolecular Hbond substituents is 2. The number of carbonyl (C=O) groups excluding carboxylic acids is 2. The van der Waals surface area contributed by atoms with E-state index in [0.717, 1.165) is 10.6 Å². The molecule has 0 fully saturated rings. The zero-order chi connectivity index (χ0) is 32.4. The second kappa shape index (κ2) is 11.1. The van der Waals surface area contributed by atoms with Crippen LogP contribution in [0.2, 0.25) is 0 Å². The van der Waals surface area contributed by atoms with Crippen molar-refractivity contribution in [2.45, 2.75) is 38.2 Å². The fraction of sp³-hybridized carbons (Fsp3) is 0.219. The number of aromatic hydroxyl groups is 2. The Morgan fingerprint density at radius 1 is 0.913 bits per heavy atom. The lowest BCUT2D eigenvalue weighted by Gasteiger charge is -2.29. The first-order valence-corrected chi connectivity index (χ1v) is 14.4. The van der Waals surface area contributed by atoms with Crippen molar-refractivity contribution in [2.75, 3.05) is 6.61 Å². The molecule has 4 heterocycles. The van der Waals surface area contributed by atoms with E-state index in [0.29, 0.717) is 27.2 Å². The van der Waals surface area contributed by atoms with E-state index in [-0.39, 0.29) is 45.6 Å². The van der Waals surface area contributed by atoms with Crippen molar-refractivity contribution in [1.29, 1.82) is 0 Å². The maximum atomic E-state index is 14.3. The monoisotopic (exact) mass is 627 g/mol. The third-order valence-electron chi connectivity index (χ3n) is 8.32. The molecule has 7 rings (SSSR count). The van der Waals surface area contributed by atoms with Crippen LogP contribution in [0.3, 0.4) is 0 Å². The van der Waals surface area contributed by atoms with Gasteiger partial charge in [0.1, 0.15) is 17.6 Å². The second-order valence-electron chi connectivity index (χ2n) is 11.2. The van der Waals surface area contributed by atoms with Crippen molar-refractivity contribution in [3.63, 3.8) is 0 Å². The summed E-state index contributed by atoms with van der Waals surface area (Å²) in [6.07, 6.45) is -3.19. The fourth-order valence-electron chi connectivity index (χ4n) is 6.25. The van der Waals surface area contributed by atoms with Crippen LogP contribution in [-0.4, -0.2) is 87.1 Å². The summed E-state index contributed by atoms with van der Waals surface area (Å²) in [4.78, 5) is 35.6. The normalized spacial score (nSPS) is 15.6. The number of pyridine rings is 1. The van der Waals surface area contributed by atoms with Gasteiger partial charge in [0.25, 0.3) is 11.8 Å². The summed E-state index contributed by atoms with van der Waals surface area (Å²) in [5.41, 5.74) is 4.94. The molecule has 236 valence electrons. The van der Waals surface area contributed by atoms with Gasteiger partial charge in [0.15, 0.2) is 12.5 Å².